The first-order valence-electron chi connectivity index (χ1n) is 16.0. The van der Waals surface area contributed by atoms with Crippen LogP contribution in [0.4, 0.5) is 5.82 Å². The van der Waals surface area contributed by atoms with Crippen LogP contribution in [0.2, 0.25) is 54.4 Å². The number of fused-ring (bicyclic) bond motifs is 1. The summed E-state index contributed by atoms with van der Waals surface area (Å²) in [7, 11) is -6.67. The van der Waals surface area contributed by atoms with Gasteiger partial charge in [0.05, 0.1) is 12.0 Å². The van der Waals surface area contributed by atoms with Gasteiger partial charge in [0, 0.05) is 23.3 Å². The minimum absolute atomic E-state index is 0.00270. The first kappa shape index (κ1) is 36.4. The van der Waals surface area contributed by atoms with Crippen LogP contribution in [0.5, 0.6) is 0 Å². The summed E-state index contributed by atoms with van der Waals surface area (Å²) in [4.78, 5) is 13.7. The van der Waals surface area contributed by atoms with Crippen molar-refractivity contribution < 1.29 is 18.0 Å². The van der Waals surface area contributed by atoms with E-state index in [1.54, 1.807) is 17.5 Å². The van der Waals surface area contributed by atoms with Gasteiger partial charge in [-0.25, -0.2) is 15.0 Å². The molecule has 1 aliphatic rings. The van der Waals surface area contributed by atoms with Gasteiger partial charge in [-0.2, -0.15) is 0 Å². The van der Waals surface area contributed by atoms with Crippen molar-refractivity contribution in [3.8, 4) is 10.6 Å². The SMILES string of the molecule is CC(C)(C)[Si](C)(C)OC[C@H]1O[C@@H](n2cc(-c3nccs3)c3c(N)ncnc32)[C@H](O[Si](C)(C)C(C)(C)C)[C@@H]1O[Si](C)(C)C(C)(C)C. The zero-order valence-corrected chi connectivity index (χ0v) is 34.0. The molecule has 4 rings (SSSR count). The second-order valence-electron chi connectivity index (χ2n) is 17.1. The molecule has 0 aliphatic carbocycles. The molecule has 0 spiro atoms. The first-order chi connectivity index (χ1) is 20.4. The van der Waals surface area contributed by atoms with Gasteiger partial charge < -0.3 is 28.3 Å². The second kappa shape index (κ2) is 12.2. The largest absolute Gasteiger partial charge is 0.414 e. The van der Waals surface area contributed by atoms with E-state index in [4.69, 9.17) is 28.7 Å². The van der Waals surface area contributed by atoms with Crippen LogP contribution in [0, 0.1) is 0 Å². The fourth-order valence-corrected chi connectivity index (χ4v) is 8.97. The maximum Gasteiger partial charge on any atom is 0.192 e. The minimum atomic E-state index is -2.31. The molecule has 0 unspecified atom stereocenters. The van der Waals surface area contributed by atoms with Crippen LogP contribution >= 0.6 is 11.3 Å². The van der Waals surface area contributed by atoms with E-state index in [1.165, 1.54) is 6.33 Å². The highest BCUT2D eigenvalue weighted by molar-refractivity contribution is 7.13. The zero-order chi connectivity index (χ0) is 34.0. The molecule has 1 saturated heterocycles. The number of hydrogen-bond acceptors (Lipinski definition) is 9. The van der Waals surface area contributed by atoms with Crippen molar-refractivity contribution in [2.45, 2.75) is 141 Å². The van der Waals surface area contributed by atoms with E-state index in [0.29, 0.717) is 18.1 Å². The normalized spacial score (nSPS) is 22.5. The van der Waals surface area contributed by atoms with E-state index in [0.717, 1.165) is 16.0 Å². The van der Waals surface area contributed by atoms with Gasteiger partial charge in [0.2, 0.25) is 0 Å². The highest BCUT2D eigenvalue weighted by Gasteiger charge is 2.55. The smallest absolute Gasteiger partial charge is 0.192 e. The van der Waals surface area contributed by atoms with Crippen LogP contribution in [-0.4, -0.2) is 69.4 Å². The second-order valence-corrected chi connectivity index (χ2v) is 32.3. The number of anilines is 1. The Morgan fingerprint density at radius 2 is 1.38 bits per heavy atom. The third-order valence-electron chi connectivity index (χ3n) is 10.7. The van der Waals surface area contributed by atoms with E-state index >= 15 is 0 Å². The molecule has 2 N–H and O–H groups in total. The third kappa shape index (κ3) is 7.20. The number of nitrogens with two attached hydrogens (primary N) is 1. The molecule has 4 atom stereocenters. The summed E-state index contributed by atoms with van der Waals surface area (Å²) < 4.78 is 30.7. The number of hydrogen-bond donors (Lipinski definition) is 1. The molecular formula is C32H57N5O4SSi3. The van der Waals surface area contributed by atoms with Crippen molar-refractivity contribution in [3.05, 3.63) is 24.1 Å². The lowest BCUT2D eigenvalue weighted by molar-refractivity contribution is -0.0467. The molecule has 3 aromatic rings. The topological polar surface area (TPSA) is 107 Å². The fourth-order valence-electron chi connectivity index (χ4n) is 4.70. The van der Waals surface area contributed by atoms with Gasteiger partial charge in [0.25, 0.3) is 0 Å². The minimum Gasteiger partial charge on any atom is -0.414 e. The molecule has 0 saturated carbocycles. The molecule has 0 bridgehead atoms. The van der Waals surface area contributed by atoms with Crippen molar-refractivity contribution in [3.63, 3.8) is 0 Å². The monoisotopic (exact) mass is 691 g/mol. The van der Waals surface area contributed by atoms with Crippen LogP contribution in [0.3, 0.4) is 0 Å². The standard InChI is InChI=1S/C32H57N5O4SSi3/c1-30(2,3)43(10,11)38-19-22-24(40-44(12,13)31(4,5)6)25(41-45(14,15)32(7,8)9)29(39-22)37-18-21(28-34-16-17-42-28)23-26(33)35-20-36-27(23)37/h16-18,20,22,24-25,29H,19H2,1-15H3,(H2,33,35,36)/t22-,24-,25-,29-/m1/s1. The Morgan fingerprint density at radius 1 is 0.822 bits per heavy atom. The number of nitrogen functional groups attached to an aromatic ring is 1. The summed E-state index contributed by atoms with van der Waals surface area (Å²) in [6, 6.07) is 0. The van der Waals surface area contributed by atoms with Crippen molar-refractivity contribution in [1.82, 2.24) is 19.5 Å². The molecule has 13 heteroatoms. The lowest BCUT2D eigenvalue weighted by Gasteiger charge is -2.44. The maximum atomic E-state index is 7.37. The molecule has 0 amide bonds. The Hall–Kier alpha value is -1.46. The van der Waals surface area contributed by atoms with E-state index in [2.05, 4.69) is 122 Å². The summed E-state index contributed by atoms with van der Waals surface area (Å²) in [5.41, 5.74) is 8.08. The van der Waals surface area contributed by atoms with E-state index < -0.39 is 37.3 Å². The zero-order valence-electron chi connectivity index (χ0n) is 30.2. The maximum absolute atomic E-state index is 7.37. The predicted octanol–water partition coefficient (Wildman–Crippen LogP) is 8.84. The highest BCUT2D eigenvalue weighted by atomic mass is 32.1. The van der Waals surface area contributed by atoms with Gasteiger partial charge in [-0.15, -0.1) is 11.3 Å². The van der Waals surface area contributed by atoms with Crippen molar-refractivity contribution in [2.75, 3.05) is 12.3 Å². The van der Waals surface area contributed by atoms with Gasteiger partial charge in [-0.1, -0.05) is 62.3 Å². The van der Waals surface area contributed by atoms with Crippen molar-refractivity contribution in [1.29, 1.82) is 0 Å². The lowest BCUT2D eigenvalue weighted by atomic mass is 10.1. The molecule has 9 nitrogen and oxygen atoms in total. The Bertz CT molecular complexity index is 1470. The van der Waals surface area contributed by atoms with Gasteiger partial charge >= 0.3 is 0 Å². The number of thiazole rings is 1. The van der Waals surface area contributed by atoms with Gasteiger partial charge in [-0.3, -0.25) is 0 Å². The predicted molar refractivity (Wildman–Crippen MR) is 194 cm³/mol. The van der Waals surface area contributed by atoms with Crippen LogP contribution < -0.4 is 5.73 Å². The molecule has 4 heterocycles. The Labute approximate surface area is 278 Å². The van der Waals surface area contributed by atoms with Crippen LogP contribution in [0.15, 0.2) is 24.1 Å². The fraction of sp³-hybridized carbons (Fsp3) is 0.719. The quantitative estimate of drug-likeness (QED) is 0.222. The number of aromatic nitrogens is 4. The van der Waals surface area contributed by atoms with Crippen molar-refractivity contribution >= 4 is 53.1 Å². The Morgan fingerprint density at radius 3 is 1.89 bits per heavy atom. The van der Waals surface area contributed by atoms with E-state index in [1.807, 2.05) is 5.38 Å². The Balaban J connectivity index is 1.91. The molecular weight excluding hydrogens is 635 g/mol. The third-order valence-corrected chi connectivity index (χ3v) is 25.0. The summed E-state index contributed by atoms with van der Waals surface area (Å²) in [6.07, 6.45) is 3.77. The first-order valence-corrected chi connectivity index (χ1v) is 25.6. The molecule has 0 aromatic carbocycles. The van der Waals surface area contributed by atoms with Gasteiger partial charge in [-0.05, 0) is 54.4 Å². The molecule has 1 fully saturated rings. The number of nitrogens with zero attached hydrogens (tertiary/aromatic N) is 4. The molecule has 252 valence electrons. The van der Waals surface area contributed by atoms with E-state index in [-0.39, 0.29) is 27.3 Å². The van der Waals surface area contributed by atoms with Gasteiger partial charge in [0.1, 0.15) is 41.1 Å². The highest BCUT2D eigenvalue weighted by Crippen LogP contribution is 2.48. The molecule has 45 heavy (non-hydrogen) atoms. The van der Waals surface area contributed by atoms with Crippen molar-refractivity contribution in [2.24, 2.45) is 0 Å². The average molecular weight is 692 g/mol. The molecule has 1 aliphatic heterocycles. The summed E-state index contributed by atoms with van der Waals surface area (Å²) >= 11 is 1.56. The molecule has 0 radical (unpaired) electrons. The summed E-state index contributed by atoms with van der Waals surface area (Å²) in [5.74, 6) is 0.413. The van der Waals surface area contributed by atoms with Crippen LogP contribution in [-0.2, 0) is 18.0 Å². The molecule has 3 aromatic heterocycles. The van der Waals surface area contributed by atoms with Crippen LogP contribution in [0.25, 0.3) is 21.6 Å². The summed E-state index contributed by atoms with van der Waals surface area (Å²) in [5, 5.41) is 3.62. The van der Waals surface area contributed by atoms with Gasteiger partial charge in [0.15, 0.2) is 31.2 Å². The number of ether oxygens (including phenoxy) is 1. The average Bonchev–Trinajstić information content (AvgIpc) is 3.60. The summed E-state index contributed by atoms with van der Waals surface area (Å²) in [6.45, 7) is 34.6. The van der Waals surface area contributed by atoms with E-state index in [9.17, 15) is 0 Å². The lowest BCUT2D eigenvalue weighted by Crippen LogP contribution is -2.54. The van der Waals surface area contributed by atoms with Crippen LogP contribution in [0.1, 0.15) is 68.5 Å². The Kier molecular flexibility index (Phi) is 9.87. The number of rotatable bonds is 9.